The SMILES string of the molecule is CCOc1ccccc1N(CCC(=O)NCc1ccncc1)C(C)=O. The number of nitrogens with one attached hydrogen (secondary N) is 1. The quantitative estimate of drug-likeness (QED) is 0.801. The number of carbonyl (C=O) groups is 2. The Morgan fingerprint density at radius 3 is 2.56 bits per heavy atom. The van der Waals surface area contributed by atoms with Crippen LogP contribution in [0.15, 0.2) is 48.8 Å². The molecule has 0 fully saturated rings. The Morgan fingerprint density at radius 1 is 1.16 bits per heavy atom. The first-order valence-electron chi connectivity index (χ1n) is 8.27. The lowest BCUT2D eigenvalue weighted by Gasteiger charge is -2.23. The van der Waals surface area contributed by atoms with E-state index in [1.807, 2.05) is 43.3 Å². The summed E-state index contributed by atoms with van der Waals surface area (Å²) in [5.41, 5.74) is 1.66. The molecule has 0 aliphatic rings. The molecule has 2 rings (SSSR count). The van der Waals surface area contributed by atoms with Gasteiger partial charge in [-0.05, 0) is 36.8 Å². The second-order valence-electron chi connectivity index (χ2n) is 5.45. The van der Waals surface area contributed by atoms with Gasteiger partial charge in [-0.3, -0.25) is 14.6 Å². The van der Waals surface area contributed by atoms with E-state index < -0.39 is 0 Å². The Balaban J connectivity index is 1.96. The van der Waals surface area contributed by atoms with E-state index in [0.717, 1.165) is 5.56 Å². The third kappa shape index (κ3) is 5.60. The molecular weight excluding hydrogens is 318 g/mol. The van der Waals surface area contributed by atoms with Crippen molar-refractivity contribution in [2.45, 2.75) is 26.8 Å². The molecule has 0 aliphatic carbocycles. The molecule has 6 heteroatoms. The number of anilines is 1. The van der Waals surface area contributed by atoms with E-state index in [4.69, 9.17) is 4.74 Å². The van der Waals surface area contributed by atoms with Crippen molar-refractivity contribution in [2.75, 3.05) is 18.1 Å². The van der Waals surface area contributed by atoms with Crippen molar-refractivity contribution in [3.05, 3.63) is 54.4 Å². The number of nitrogens with zero attached hydrogens (tertiary/aromatic N) is 2. The van der Waals surface area contributed by atoms with Crippen molar-refractivity contribution in [1.82, 2.24) is 10.3 Å². The summed E-state index contributed by atoms with van der Waals surface area (Å²) in [6.07, 6.45) is 3.58. The Hall–Kier alpha value is -2.89. The van der Waals surface area contributed by atoms with Crippen LogP contribution in [0.4, 0.5) is 5.69 Å². The van der Waals surface area contributed by atoms with Crippen LogP contribution in [0.3, 0.4) is 0 Å². The summed E-state index contributed by atoms with van der Waals surface area (Å²) < 4.78 is 5.58. The second-order valence-corrected chi connectivity index (χ2v) is 5.45. The molecule has 25 heavy (non-hydrogen) atoms. The van der Waals surface area contributed by atoms with Gasteiger partial charge >= 0.3 is 0 Å². The summed E-state index contributed by atoms with van der Waals surface area (Å²) >= 11 is 0. The normalized spacial score (nSPS) is 10.2. The topological polar surface area (TPSA) is 71.5 Å². The highest BCUT2D eigenvalue weighted by Crippen LogP contribution is 2.28. The molecule has 0 spiro atoms. The van der Waals surface area contributed by atoms with Crippen LogP contribution < -0.4 is 15.0 Å². The van der Waals surface area contributed by atoms with Crippen LogP contribution in [0, 0.1) is 0 Å². The maximum atomic E-state index is 12.1. The van der Waals surface area contributed by atoms with Gasteiger partial charge in [0.1, 0.15) is 5.75 Å². The fourth-order valence-electron chi connectivity index (χ4n) is 2.41. The number of ether oxygens (including phenoxy) is 1. The van der Waals surface area contributed by atoms with Crippen LogP contribution in [0.2, 0.25) is 0 Å². The van der Waals surface area contributed by atoms with Gasteiger partial charge in [0, 0.05) is 38.8 Å². The van der Waals surface area contributed by atoms with E-state index in [9.17, 15) is 9.59 Å². The van der Waals surface area contributed by atoms with E-state index in [2.05, 4.69) is 10.3 Å². The van der Waals surface area contributed by atoms with E-state index in [0.29, 0.717) is 31.1 Å². The van der Waals surface area contributed by atoms with Crippen LogP contribution in [-0.2, 0) is 16.1 Å². The predicted molar refractivity (Wildman–Crippen MR) is 96.3 cm³/mol. The van der Waals surface area contributed by atoms with Crippen LogP contribution in [0.5, 0.6) is 5.75 Å². The molecule has 1 N–H and O–H groups in total. The van der Waals surface area contributed by atoms with E-state index in [-0.39, 0.29) is 18.2 Å². The number of aromatic nitrogens is 1. The fraction of sp³-hybridized carbons (Fsp3) is 0.316. The molecule has 0 saturated heterocycles. The zero-order chi connectivity index (χ0) is 18.1. The molecule has 0 unspecified atom stereocenters. The van der Waals surface area contributed by atoms with Gasteiger partial charge in [-0.15, -0.1) is 0 Å². The van der Waals surface area contributed by atoms with Gasteiger partial charge in [-0.2, -0.15) is 0 Å². The van der Waals surface area contributed by atoms with Crippen molar-refractivity contribution in [2.24, 2.45) is 0 Å². The molecule has 2 amide bonds. The minimum absolute atomic E-state index is 0.114. The molecule has 1 aromatic carbocycles. The van der Waals surface area contributed by atoms with Gasteiger partial charge in [-0.25, -0.2) is 0 Å². The third-order valence-corrected chi connectivity index (χ3v) is 3.64. The highest BCUT2D eigenvalue weighted by molar-refractivity contribution is 5.93. The van der Waals surface area contributed by atoms with Crippen molar-refractivity contribution >= 4 is 17.5 Å². The average molecular weight is 341 g/mol. The Morgan fingerprint density at radius 2 is 1.88 bits per heavy atom. The summed E-state index contributed by atoms with van der Waals surface area (Å²) in [4.78, 5) is 29.6. The predicted octanol–water partition coefficient (Wildman–Crippen LogP) is 2.54. The minimum atomic E-state index is -0.130. The van der Waals surface area contributed by atoms with Gasteiger partial charge in [0.15, 0.2) is 0 Å². The molecule has 0 atom stereocenters. The number of para-hydroxylation sites is 2. The zero-order valence-corrected chi connectivity index (χ0v) is 14.6. The number of hydrogen-bond acceptors (Lipinski definition) is 4. The van der Waals surface area contributed by atoms with E-state index >= 15 is 0 Å². The first-order valence-corrected chi connectivity index (χ1v) is 8.27. The van der Waals surface area contributed by atoms with E-state index in [1.54, 1.807) is 17.3 Å². The lowest BCUT2D eigenvalue weighted by molar-refractivity contribution is -0.121. The molecule has 2 aromatic rings. The summed E-state index contributed by atoms with van der Waals surface area (Å²) in [6.45, 7) is 4.62. The smallest absolute Gasteiger partial charge is 0.223 e. The molecule has 6 nitrogen and oxygen atoms in total. The summed E-state index contributed by atoms with van der Waals surface area (Å²) in [7, 11) is 0. The Kier molecular flexibility index (Phi) is 6.95. The highest BCUT2D eigenvalue weighted by atomic mass is 16.5. The van der Waals surface area contributed by atoms with Gasteiger partial charge in [0.2, 0.25) is 11.8 Å². The highest BCUT2D eigenvalue weighted by Gasteiger charge is 2.17. The summed E-state index contributed by atoms with van der Waals surface area (Å²) in [6, 6.07) is 11.0. The molecule has 132 valence electrons. The fourth-order valence-corrected chi connectivity index (χ4v) is 2.41. The van der Waals surface area contributed by atoms with Crippen molar-refractivity contribution in [3.8, 4) is 5.75 Å². The Labute approximate surface area is 147 Å². The van der Waals surface area contributed by atoms with Crippen molar-refractivity contribution < 1.29 is 14.3 Å². The van der Waals surface area contributed by atoms with E-state index in [1.165, 1.54) is 6.92 Å². The molecule has 1 heterocycles. The number of carbonyl (C=O) groups excluding carboxylic acids is 2. The van der Waals surface area contributed by atoms with Crippen LogP contribution >= 0.6 is 0 Å². The monoisotopic (exact) mass is 341 g/mol. The van der Waals surface area contributed by atoms with Gasteiger partial charge in [0.05, 0.1) is 12.3 Å². The maximum absolute atomic E-state index is 12.1. The molecule has 1 aromatic heterocycles. The first-order chi connectivity index (χ1) is 12.1. The van der Waals surface area contributed by atoms with Crippen LogP contribution in [0.25, 0.3) is 0 Å². The number of benzene rings is 1. The van der Waals surface area contributed by atoms with Gasteiger partial charge in [0.25, 0.3) is 0 Å². The summed E-state index contributed by atoms with van der Waals surface area (Å²) in [5, 5.41) is 2.85. The summed E-state index contributed by atoms with van der Waals surface area (Å²) in [5.74, 6) is 0.392. The van der Waals surface area contributed by atoms with Crippen LogP contribution in [-0.4, -0.2) is 29.9 Å². The second kappa shape index (κ2) is 9.42. The molecule has 0 saturated carbocycles. The minimum Gasteiger partial charge on any atom is -0.492 e. The molecule has 0 aliphatic heterocycles. The largest absolute Gasteiger partial charge is 0.492 e. The average Bonchev–Trinajstić information content (AvgIpc) is 2.62. The van der Waals surface area contributed by atoms with Gasteiger partial charge < -0.3 is 15.0 Å². The maximum Gasteiger partial charge on any atom is 0.223 e. The third-order valence-electron chi connectivity index (χ3n) is 3.64. The number of hydrogen-bond donors (Lipinski definition) is 1. The lowest BCUT2D eigenvalue weighted by atomic mass is 10.2. The number of rotatable bonds is 8. The van der Waals surface area contributed by atoms with Crippen molar-refractivity contribution in [1.29, 1.82) is 0 Å². The number of amides is 2. The number of pyridine rings is 1. The van der Waals surface area contributed by atoms with Crippen molar-refractivity contribution in [3.63, 3.8) is 0 Å². The lowest BCUT2D eigenvalue weighted by Crippen LogP contribution is -2.34. The standard InChI is InChI=1S/C19H23N3O3/c1-3-25-18-7-5-4-6-17(18)22(15(2)23)13-10-19(24)21-14-16-8-11-20-12-9-16/h4-9,11-12H,3,10,13-14H2,1-2H3,(H,21,24). The molecular formula is C19H23N3O3. The van der Waals surface area contributed by atoms with Gasteiger partial charge in [-0.1, -0.05) is 12.1 Å². The molecule has 0 bridgehead atoms. The zero-order valence-electron chi connectivity index (χ0n) is 14.6. The Bertz CT molecular complexity index is 704. The molecule has 0 radical (unpaired) electrons. The van der Waals surface area contributed by atoms with Crippen LogP contribution in [0.1, 0.15) is 25.8 Å². The first kappa shape index (κ1) is 18.4.